The summed E-state index contributed by atoms with van der Waals surface area (Å²) in [4.78, 5) is 27.6. The SMILES string of the molecule is Cc1ccc2c(c1)[C@@]1(C)CCC(=O)[C@@H](NC(=O)CCN3CCCCC3)[C@H]1O2.Cl. The van der Waals surface area contributed by atoms with E-state index < -0.39 is 6.04 Å². The molecule has 28 heavy (non-hydrogen) atoms. The van der Waals surface area contributed by atoms with Gasteiger partial charge in [0.15, 0.2) is 5.78 Å². The van der Waals surface area contributed by atoms with E-state index in [0.29, 0.717) is 12.8 Å². The Bertz CT molecular complexity index is 747. The number of carbonyl (C=O) groups excluding carboxylic acids is 2. The fourth-order valence-corrected chi connectivity index (χ4v) is 4.88. The number of piperidine rings is 1. The summed E-state index contributed by atoms with van der Waals surface area (Å²) in [5.41, 5.74) is 2.14. The molecule has 2 aliphatic heterocycles. The first-order valence-corrected chi connectivity index (χ1v) is 10.3. The molecule has 3 aliphatic rings. The predicted octanol–water partition coefficient (Wildman–Crippen LogP) is 3.16. The lowest BCUT2D eigenvalue weighted by Crippen LogP contribution is -2.59. The zero-order chi connectivity index (χ0) is 19.0. The number of benzene rings is 1. The summed E-state index contributed by atoms with van der Waals surface area (Å²) in [6.45, 7) is 7.17. The summed E-state index contributed by atoms with van der Waals surface area (Å²) in [6.07, 6.45) is 5.11. The highest BCUT2D eigenvalue weighted by Gasteiger charge is 2.54. The maximum Gasteiger partial charge on any atom is 0.221 e. The maximum atomic E-state index is 12.6. The summed E-state index contributed by atoms with van der Waals surface area (Å²) >= 11 is 0. The van der Waals surface area contributed by atoms with Gasteiger partial charge in [0.1, 0.15) is 17.9 Å². The number of halogens is 1. The van der Waals surface area contributed by atoms with Crippen LogP contribution in [0.5, 0.6) is 5.75 Å². The molecule has 0 unspecified atom stereocenters. The van der Waals surface area contributed by atoms with Crippen LogP contribution in [0.15, 0.2) is 18.2 Å². The highest BCUT2D eigenvalue weighted by Crippen LogP contribution is 2.49. The van der Waals surface area contributed by atoms with E-state index in [1.54, 1.807) is 0 Å². The molecule has 1 N–H and O–H groups in total. The molecule has 1 saturated carbocycles. The molecule has 2 fully saturated rings. The second-order valence-corrected chi connectivity index (χ2v) is 8.62. The van der Waals surface area contributed by atoms with Crippen LogP contribution in [0.1, 0.15) is 56.6 Å². The largest absolute Gasteiger partial charge is 0.487 e. The molecule has 1 amide bonds. The molecular formula is C22H31ClN2O3. The smallest absolute Gasteiger partial charge is 0.221 e. The lowest BCUT2D eigenvalue weighted by molar-refractivity contribution is -0.133. The Labute approximate surface area is 173 Å². The molecule has 6 heteroatoms. The first-order valence-electron chi connectivity index (χ1n) is 10.3. The van der Waals surface area contributed by atoms with Crippen LogP contribution in [0.3, 0.4) is 0 Å². The van der Waals surface area contributed by atoms with E-state index >= 15 is 0 Å². The molecule has 5 nitrogen and oxygen atoms in total. The van der Waals surface area contributed by atoms with Gasteiger partial charge in [-0.2, -0.15) is 0 Å². The van der Waals surface area contributed by atoms with Crippen LogP contribution >= 0.6 is 12.4 Å². The summed E-state index contributed by atoms with van der Waals surface area (Å²) < 4.78 is 6.20. The van der Waals surface area contributed by atoms with Crippen LogP contribution in [0.25, 0.3) is 0 Å². The quantitative estimate of drug-likeness (QED) is 0.834. The third-order valence-electron chi connectivity index (χ3n) is 6.59. The van der Waals surface area contributed by atoms with Crippen LogP contribution < -0.4 is 10.1 Å². The topological polar surface area (TPSA) is 58.6 Å². The van der Waals surface area contributed by atoms with E-state index in [4.69, 9.17) is 4.74 Å². The van der Waals surface area contributed by atoms with Gasteiger partial charge in [0.2, 0.25) is 5.91 Å². The van der Waals surface area contributed by atoms with Crippen molar-refractivity contribution in [3.05, 3.63) is 29.3 Å². The fourth-order valence-electron chi connectivity index (χ4n) is 4.88. The van der Waals surface area contributed by atoms with Crippen molar-refractivity contribution < 1.29 is 14.3 Å². The molecule has 3 atom stereocenters. The van der Waals surface area contributed by atoms with Crippen molar-refractivity contribution in [3.8, 4) is 5.75 Å². The van der Waals surface area contributed by atoms with Crippen LogP contribution in [0.4, 0.5) is 0 Å². The van der Waals surface area contributed by atoms with Crippen LogP contribution in [0, 0.1) is 6.92 Å². The summed E-state index contributed by atoms with van der Waals surface area (Å²) in [7, 11) is 0. The number of hydrogen-bond donors (Lipinski definition) is 1. The van der Waals surface area contributed by atoms with Crippen molar-refractivity contribution in [2.75, 3.05) is 19.6 Å². The fraction of sp³-hybridized carbons (Fsp3) is 0.636. The number of carbonyl (C=O) groups is 2. The maximum absolute atomic E-state index is 12.6. The van der Waals surface area contributed by atoms with E-state index in [2.05, 4.69) is 30.1 Å². The number of aryl methyl sites for hydroxylation is 1. The zero-order valence-electron chi connectivity index (χ0n) is 16.8. The summed E-state index contributed by atoms with van der Waals surface area (Å²) in [5, 5.41) is 3.01. The predicted molar refractivity (Wildman–Crippen MR) is 111 cm³/mol. The van der Waals surface area contributed by atoms with Gasteiger partial charge in [0.25, 0.3) is 0 Å². The first-order chi connectivity index (χ1) is 13.0. The Kier molecular flexibility index (Phi) is 6.35. The van der Waals surface area contributed by atoms with Crippen LogP contribution in [-0.4, -0.2) is 48.4 Å². The molecule has 1 aromatic carbocycles. The normalized spacial score (nSPS) is 29.3. The third-order valence-corrected chi connectivity index (χ3v) is 6.59. The van der Waals surface area contributed by atoms with Gasteiger partial charge in [0, 0.05) is 30.4 Å². The van der Waals surface area contributed by atoms with Gasteiger partial charge >= 0.3 is 0 Å². The minimum absolute atomic E-state index is 0. The van der Waals surface area contributed by atoms with Crippen molar-refractivity contribution in [1.29, 1.82) is 0 Å². The van der Waals surface area contributed by atoms with Crippen molar-refractivity contribution in [2.24, 2.45) is 0 Å². The van der Waals surface area contributed by atoms with E-state index in [1.165, 1.54) is 30.4 Å². The van der Waals surface area contributed by atoms with Crippen molar-refractivity contribution >= 4 is 24.1 Å². The number of nitrogens with zero attached hydrogens (tertiary/aromatic N) is 1. The monoisotopic (exact) mass is 406 g/mol. The van der Waals surface area contributed by atoms with Gasteiger partial charge in [-0.25, -0.2) is 0 Å². The van der Waals surface area contributed by atoms with Gasteiger partial charge in [-0.05, 0) is 45.3 Å². The molecule has 1 saturated heterocycles. The lowest BCUT2D eigenvalue weighted by atomic mass is 9.67. The number of likely N-dealkylation sites (tertiary alicyclic amines) is 1. The molecule has 1 aliphatic carbocycles. The Morgan fingerprint density at radius 1 is 1.29 bits per heavy atom. The Morgan fingerprint density at radius 3 is 2.79 bits per heavy atom. The Hall–Kier alpha value is -1.59. The van der Waals surface area contributed by atoms with Crippen molar-refractivity contribution in [2.45, 2.75) is 69.9 Å². The standard InChI is InChI=1S/C22H30N2O3.ClH/c1-15-6-7-18-16(14-15)22(2)10-8-17(25)20(21(22)27-18)23-19(26)9-13-24-11-4-3-5-12-24;/h6-7,14,20-21H,3-5,8-13H2,1-2H3,(H,23,26);1H/t20-,21-,22-;/m1./s1. The molecule has 0 radical (unpaired) electrons. The number of rotatable bonds is 4. The number of fused-ring (bicyclic) bond motifs is 3. The molecule has 154 valence electrons. The number of Topliss-reactive ketones (excluding diaryl/α,β-unsaturated/α-hetero) is 1. The minimum Gasteiger partial charge on any atom is -0.487 e. The van der Waals surface area contributed by atoms with E-state index in [1.807, 2.05) is 12.1 Å². The number of hydrogen-bond acceptors (Lipinski definition) is 4. The molecule has 1 aromatic rings. The lowest BCUT2D eigenvalue weighted by Gasteiger charge is -2.39. The zero-order valence-corrected chi connectivity index (χ0v) is 17.6. The number of ether oxygens (including phenoxy) is 1. The molecule has 0 aromatic heterocycles. The molecule has 0 bridgehead atoms. The molecule has 2 heterocycles. The average molecular weight is 407 g/mol. The van der Waals surface area contributed by atoms with Gasteiger partial charge in [0.05, 0.1) is 0 Å². The van der Waals surface area contributed by atoms with Crippen molar-refractivity contribution in [1.82, 2.24) is 10.2 Å². The van der Waals surface area contributed by atoms with Crippen LogP contribution in [-0.2, 0) is 15.0 Å². The number of nitrogens with one attached hydrogen (secondary N) is 1. The first kappa shape index (κ1) is 21.1. The summed E-state index contributed by atoms with van der Waals surface area (Å²) in [5.74, 6) is 0.905. The average Bonchev–Trinajstić information content (AvgIpc) is 2.96. The van der Waals surface area contributed by atoms with E-state index in [0.717, 1.165) is 31.8 Å². The van der Waals surface area contributed by atoms with Crippen LogP contribution in [0.2, 0.25) is 0 Å². The highest BCUT2D eigenvalue weighted by molar-refractivity contribution is 5.91. The van der Waals surface area contributed by atoms with Gasteiger partial charge in [-0.1, -0.05) is 31.0 Å². The second kappa shape index (κ2) is 8.42. The van der Waals surface area contributed by atoms with Gasteiger partial charge in [-0.3, -0.25) is 9.59 Å². The highest BCUT2D eigenvalue weighted by atomic mass is 35.5. The Morgan fingerprint density at radius 2 is 2.04 bits per heavy atom. The molecule has 0 spiro atoms. The van der Waals surface area contributed by atoms with Crippen molar-refractivity contribution in [3.63, 3.8) is 0 Å². The Balaban J connectivity index is 0.00000225. The summed E-state index contributed by atoms with van der Waals surface area (Å²) in [6, 6.07) is 5.65. The third kappa shape index (κ3) is 3.92. The number of amides is 1. The van der Waals surface area contributed by atoms with E-state index in [9.17, 15) is 9.59 Å². The molecule has 4 rings (SSSR count). The minimum atomic E-state index is -0.551. The second-order valence-electron chi connectivity index (χ2n) is 8.62. The number of ketones is 1. The van der Waals surface area contributed by atoms with Gasteiger partial charge < -0.3 is 15.0 Å². The van der Waals surface area contributed by atoms with E-state index in [-0.39, 0.29) is 35.6 Å². The molecular weight excluding hydrogens is 376 g/mol. The van der Waals surface area contributed by atoms with Gasteiger partial charge in [-0.15, -0.1) is 12.4 Å².